The first-order valence-corrected chi connectivity index (χ1v) is 6.14. The Hall–Kier alpha value is -1.73. The summed E-state index contributed by atoms with van der Waals surface area (Å²) in [7, 11) is 0. The van der Waals surface area contributed by atoms with E-state index in [9.17, 15) is 20.0 Å². The van der Waals surface area contributed by atoms with Crippen LogP contribution in [0.5, 0.6) is 0 Å². The fourth-order valence-electron chi connectivity index (χ4n) is 2.08. The molecule has 1 fully saturated rings. The van der Waals surface area contributed by atoms with E-state index in [1.165, 1.54) is 17.2 Å². The molecule has 2 rings (SSSR count). The molecule has 19 heavy (non-hydrogen) atoms. The van der Waals surface area contributed by atoms with Gasteiger partial charge in [-0.15, -0.1) is 0 Å². The summed E-state index contributed by atoms with van der Waals surface area (Å²) in [5.41, 5.74) is -0.590. The van der Waals surface area contributed by atoms with Gasteiger partial charge in [-0.05, 0) is 18.9 Å². The number of nitrogens with zero attached hydrogens (tertiary/aromatic N) is 3. The molecule has 8 heteroatoms. The summed E-state index contributed by atoms with van der Waals surface area (Å²) in [6.07, 6.45) is 1.96. The molecule has 1 amide bonds. The second-order valence-electron chi connectivity index (χ2n) is 4.30. The molecule has 7 nitrogen and oxygen atoms in total. The number of aliphatic hydroxyl groups is 1. The zero-order valence-electron chi connectivity index (χ0n) is 9.95. The first kappa shape index (κ1) is 13.7. The highest BCUT2D eigenvalue weighted by Crippen LogP contribution is 2.27. The lowest BCUT2D eigenvalue weighted by atomic mass is 10.1. The van der Waals surface area contributed by atoms with E-state index in [4.69, 9.17) is 11.6 Å². The lowest BCUT2D eigenvalue weighted by molar-refractivity contribution is -0.385. The van der Waals surface area contributed by atoms with Gasteiger partial charge in [-0.25, -0.2) is 4.98 Å². The van der Waals surface area contributed by atoms with Crippen molar-refractivity contribution in [2.24, 2.45) is 0 Å². The number of carbonyl (C=O) groups is 1. The first-order valence-electron chi connectivity index (χ1n) is 5.77. The predicted octanol–water partition coefficient (Wildman–Crippen LogP) is 1.24. The maximum Gasteiger partial charge on any atom is 0.319 e. The summed E-state index contributed by atoms with van der Waals surface area (Å²) in [5, 5.41) is 20.2. The monoisotopic (exact) mass is 285 g/mol. The number of pyridine rings is 1. The van der Waals surface area contributed by atoms with E-state index in [0.717, 1.165) is 0 Å². The molecule has 1 saturated heterocycles. The average molecular weight is 286 g/mol. The molecule has 1 atom stereocenters. The molecule has 102 valence electrons. The van der Waals surface area contributed by atoms with Crippen molar-refractivity contribution in [1.29, 1.82) is 0 Å². The zero-order valence-corrected chi connectivity index (χ0v) is 10.7. The van der Waals surface area contributed by atoms with Crippen molar-refractivity contribution in [3.8, 4) is 0 Å². The SMILES string of the molecule is O=C(c1ccnc(Cl)c1[N+](=O)[O-])N1CCCC(O)C1. The zero-order chi connectivity index (χ0) is 14.0. The topological polar surface area (TPSA) is 96.6 Å². The quantitative estimate of drug-likeness (QED) is 0.501. The molecule has 2 heterocycles. The minimum Gasteiger partial charge on any atom is -0.391 e. The number of β-amino-alcohol motifs (C(OH)–C–C–N with tert-alkyl or cyclic N) is 1. The molecular weight excluding hydrogens is 274 g/mol. The Morgan fingerprint density at radius 3 is 3.00 bits per heavy atom. The van der Waals surface area contributed by atoms with Crippen LogP contribution in [0.2, 0.25) is 5.15 Å². The van der Waals surface area contributed by atoms with Crippen molar-refractivity contribution in [2.75, 3.05) is 13.1 Å². The maximum atomic E-state index is 12.2. The van der Waals surface area contributed by atoms with Gasteiger partial charge in [-0.2, -0.15) is 0 Å². The summed E-state index contributed by atoms with van der Waals surface area (Å²) in [6, 6.07) is 1.27. The number of aliphatic hydroxyl groups excluding tert-OH is 1. The van der Waals surface area contributed by atoms with Gasteiger partial charge in [0.25, 0.3) is 5.91 Å². The standard InChI is InChI=1S/C11H12ClN3O4/c12-10-9(15(18)19)8(3-4-13-10)11(17)14-5-1-2-7(16)6-14/h3-4,7,16H,1-2,5-6H2. The molecule has 0 aromatic carbocycles. The van der Waals surface area contributed by atoms with Gasteiger partial charge in [0.05, 0.1) is 11.0 Å². The first-order chi connectivity index (χ1) is 9.00. The Morgan fingerprint density at radius 1 is 1.63 bits per heavy atom. The number of rotatable bonds is 2. The van der Waals surface area contributed by atoms with Crippen LogP contribution >= 0.6 is 11.6 Å². The lowest BCUT2D eigenvalue weighted by Gasteiger charge is -2.30. The number of halogens is 1. The third kappa shape index (κ3) is 2.82. The second kappa shape index (κ2) is 5.50. The second-order valence-corrected chi connectivity index (χ2v) is 4.66. The minimum absolute atomic E-state index is 0.0981. The predicted molar refractivity (Wildman–Crippen MR) is 67.0 cm³/mol. The van der Waals surface area contributed by atoms with Gasteiger partial charge in [0.2, 0.25) is 5.15 Å². The van der Waals surface area contributed by atoms with E-state index in [1.807, 2.05) is 0 Å². The smallest absolute Gasteiger partial charge is 0.319 e. The van der Waals surface area contributed by atoms with Crippen LogP contribution in [0.25, 0.3) is 0 Å². The summed E-state index contributed by atoms with van der Waals surface area (Å²) in [5.74, 6) is -0.505. The highest BCUT2D eigenvalue weighted by atomic mass is 35.5. The molecule has 0 aliphatic carbocycles. The van der Waals surface area contributed by atoms with Crippen molar-refractivity contribution < 1.29 is 14.8 Å². The number of amides is 1. The number of likely N-dealkylation sites (tertiary alicyclic amines) is 1. The Morgan fingerprint density at radius 2 is 2.37 bits per heavy atom. The molecule has 1 aliphatic heterocycles. The van der Waals surface area contributed by atoms with E-state index in [1.54, 1.807) is 0 Å². The van der Waals surface area contributed by atoms with Crippen LogP contribution in [0, 0.1) is 10.1 Å². The van der Waals surface area contributed by atoms with E-state index in [2.05, 4.69) is 4.98 Å². The third-order valence-electron chi connectivity index (χ3n) is 2.98. The number of nitro groups is 1. The third-order valence-corrected chi connectivity index (χ3v) is 3.25. The molecule has 1 aromatic rings. The number of aromatic nitrogens is 1. The van der Waals surface area contributed by atoms with Crippen molar-refractivity contribution in [3.05, 3.63) is 33.1 Å². The van der Waals surface area contributed by atoms with Gasteiger partial charge < -0.3 is 10.0 Å². The maximum absolute atomic E-state index is 12.2. The summed E-state index contributed by atoms with van der Waals surface area (Å²) >= 11 is 5.66. The van der Waals surface area contributed by atoms with Crippen molar-refractivity contribution in [3.63, 3.8) is 0 Å². The molecule has 1 aromatic heterocycles. The molecular formula is C11H12ClN3O4. The highest BCUT2D eigenvalue weighted by Gasteiger charge is 2.30. The van der Waals surface area contributed by atoms with Gasteiger partial charge in [-0.1, -0.05) is 11.6 Å². The van der Waals surface area contributed by atoms with Crippen LogP contribution in [0.4, 0.5) is 5.69 Å². The number of carbonyl (C=O) groups excluding carboxylic acids is 1. The van der Waals surface area contributed by atoms with Crippen LogP contribution < -0.4 is 0 Å². The van der Waals surface area contributed by atoms with Crippen LogP contribution in [-0.2, 0) is 0 Å². The van der Waals surface area contributed by atoms with Gasteiger partial charge >= 0.3 is 5.69 Å². The van der Waals surface area contributed by atoms with Crippen LogP contribution in [0.3, 0.4) is 0 Å². The molecule has 0 spiro atoms. The summed E-state index contributed by atoms with van der Waals surface area (Å²) in [4.78, 5) is 27.5. The van der Waals surface area contributed by atoms with Gasteiger partial charge in [0.15, 0.2) is 0 Å². The highest BCUT2D eigenvalue weighted by molar-refractivity contribution is 6.32. The molecule has 1 aliphatic rings. The van der Waals surface area contributed by atoms with Crippen LogP contribution in [0.1, 0.15) is 23.2 Å². The normalized spacial score (nSPS) is 19.3. The Kier molecular flexibility index (Phi) is 3.96. The Balaban J connectivity index is 2.33. The summed E-state index contributed by atoms with van der Waals surface area (Å²) < 4.78 is 0. The number of hydrogen-bond acceptors (Lipinski definition) is 5. The Labute approximate surface area is 114 Å². The van der Waals surface area contributed by atoms with Crippen molar-refractivity contribution in [1.82, 2.24) is 9.88 Å². The molecule has 0 bridgehead atoms. The largest absolute Gasteiger partial charge is 0.391 e. The molecule has 1 unspecified atom stereocenters. The average Bonchev–Trinajstić information content (AvgIpc) is 2.37. The van der Waals surface area contributed by atoms with Crippen LogP contribution in [-0.4, -0.2) is 45.0 Å². The minimum atomic E-state index is -0.719. The lowest BCUT2D eigenvalue weighted by Crippen LogP contribution is -2.42. The molecule has 0 saturated carbocycles. The van der Waals surface area contributed by atoms with Crippen molar-refractivity contribution >= 4 is 23.2 Å². The van der Waals surface area contributed by atoms with Gasteiger partial charge in [-0.3, -0.25) is 14.9 Å². The van der Waals surface area contributed by atoms with Crippen molar-refractivity contribution in [2.45, 2.75) is 18.9 Å². The molecule has 0 radical (unpaired) electrons. The van der Waals surface area contributed by atoms with E-state index >= 15 is 0 Å². The fourth-order valence-corrected chi connectivity index (χ4v) is 2.31. The van der Waals surface area contributed by atoms with Gasteiger partial charge in [0.1, 0.15) is 5.56 Å². The van der Waals surface area contributed by atoms with E-state index in [0.29, 0.717) is 19.4 Å². The fraction of sp³-hybridized carbons (Fsp3) is 0.455. The van der Waals surface area contributed by atoms with Gasteiger partial charge in [0, 0.05) is 19.3 Å². The van der Waals surface area contributed by atoms with E-state index < -0.39 is 22.6 Å². The summed E-state index contributed by atoms with van der Waals surface area (Å²) in [6.45, 7) is 0.642. The molecule has 1 N–H and O–H groups in total. The Bertz CT molecular complexity index is 523. The number of hydrogen-bond donors (Lipinski definition) is 1. The van der Waals surface area contributed by atoms with E-state index in [-0.39, 0.29) is 17.3 Å². The number of piperidine rings is 1. The van der Waals surface area contributed by atoms with Crippen LogP contribution in [0.15, 0.2) is 12.3 Å².